The molecule has 0 aliphatic carbocycles. The maximum Gasteiger partial charge on any atom is 0.141 e. The van der Waals surface area contributed by atoms with Crippen molar-refractivity contribution in [3.8, 4) is 11.5 Å². The third-order valence-corrected chi connectivity index (χ3v) is 3.33. The second-order valence-electron chi connectivity index (χ2n) is 4.51. The normalized spacial score (nSPS) is 11.9. The predicted octanol–water partition coefficient (Wildman–Crippen LogP) is 2.60. The summed E-state index contributed by atoms with van der Waals surface area (Å²) in [6.07, 6.45) is 4.38. The zero-order valence-corrected chi connectivity index (χ0v) is 12.1. The lowest BCUT2D eigenvalue weighted by Gasteiger charge is -2.19. The van der Waals surface area contributed by atoms with Gasteiger partial charge < -0.3 is 14.8 Å². The minimum atomic E-state index is 0.167. The highest BCUT2D eigenvalue weighted by Crippen LogP contribution is 2.27. The Labute approximate surface area is 119 Å². The predicted molar refractivity (Wildman–Crippen MR) is 79.3 cm³/mol. The molecule has 0 aliphatic rings. The topological polar surface area (TPSA) is 43.4 Å². The van der Waals surface area contributed by atoms with Crippen LogP contribution in [0.3, 0.4) is 0 Å². The smallest absolute Gasteiger partial charge is 0.141 e. The van der Waals surface area contributed by atoms with Crippen molar-refractivity contribution in [3.63, 3.8) is 0 Å². The van der Waals surface area contributed by atoms with E-state index in [1.54, 1.807) is 26.6 Å². The molecule has 0 fully saturated rings. The van der Waals surface area contributed by atoms with Crippen LogP contribution in [-0.4, -0.2) is 26.3 Å². The maximum absolute atomic E-state index is 5.38. The highest BCUT2D eigenvalue weighted by molar-refractivity contribution is 5.35. The van der Waals surface area contributed by atoms with Crippen molar-refractivity contribution < 1.29 is 9.47 Å². The van der Waals surface area contributed by atoms with Gasteiger partial charge in [-0.2, -0.15) is 0 Å². The van der Waals surface area contributed by atoms with Gasteiger partial charge >= 0.3 is 0 Å². The quantitative estimate of drug-likeness (QED) is 0.878. The number of ether oxygens (including phenoxy) is 2. The molecule has 2 aromatic rings. The van der Waals surface area contributed by atoms with Gasteiger partial charge in [0.05, 0.1) is 20.4 Å². The summed E-state index contributed by atoms with van der Waals surface area (Å²) in [5.41, 5.74) is 2.32. The van der Waals surface area contributed by atoms with Crippen LogP contribution in [0.5, 0.6) is 11.5 Å². The van der Waals surface area contributed by atoms with Crippen LogP contribution in [-0.2, 0) is 6.42 Å². The lowest BCUT2D eigenvalue weighted by molar-refractivity contribution is 0.398. The second-order valence-corrected chi connectivity index (χ2v) is 4.51. The van der Waals surface area contributed by atoms with E-state index in [2.05, 4.69) is 22.4 Å². The number of nitrogens with zero attached hydrogens (tertiary/aromatic N) is 1. The van der Waals surface area contributed by atoms with Crippen LogP contribution in [0.15, 0.2) is 42.7 Å². The molecule has 0 aliphatic heterocycles. The van der Waals surface area contributed by atoms with Crippen LogP contribution in [0, 0.1) is 0 Å². The molecule has 1 atom stereocenters. The second kappa shape index (κ2) is 6.91. The largest absolute Gasteiger partial charge is 0.497 e. The minimum Gasteiger partial charge on any atom is -0.497 e. The molecule has 1 N–H and O–H groups in total. The molecular weight excluding hydrogens is 252 g/mol. The van der Waals surface area contributed by atoms with Gasteiger partial charge in [-0.1, -0.05) is 12.1 Å². The Morgan fingerprint density at radius 1 is 1.20 bits per heavy atom. The summed E-state index contributed by atoms with van der Waals surface area (Å²) in [4.78, 5) is 4.09. The summed E-state index contributed by atoms with van der Waals surface area (Å²) in [5.74, 6) is 1.67. The van der Waals surface area contributed by atoms with Gasteiger partial charge in [-0.15, -0.1) is 0 Å². The summed E-state index contributed by atoms with van der Waals surface area (Å²) in [7, 11) is 5.30. The number of rotatable bonds is 6. The molecule has 1 aromatic heterocycles. The van der Waals surface area contributed by atoms with Gasteiger partial charge in [-0.3, -0.25) is 4.98 Å². The number of pyridine rings is 1. The maximum atomic E-state index is 5.38. The summed E-state index contributed by atoms with van der Waals surface area (Å²) >= 11 is 0. The summed E-state index contributed by atoms with van der Waals surface area (Å²) < 4.78 is 10.6. The van der Waals surface area contributed by atoms with Crippen LogP contribution in [0.2, 0.25) is 0 Å². The molecule has 0 amide bonds. The van der Waals surface area contributed by atoms with Gasteiger partial charge in [0.2, 0.25) is 0 Å². The number of benzene rings is 1. The van der Waals surface area contributed by atoms with Gasteiger partial charge in [0, 0.05) is 17.8 Å². The zero-order chi connectivity index (χ0) is 14.4. The molecule has 0 bridgehead atoms. The Morgan fingerprint density at radius 3 is 2.75 bits per heavy atom. The van der Waals surface area contributed by atoms with E-state index < -0.39 is 0 Å². The third kappa shape index (κ3) is 3.27. The summed E-state index contributed by atoms with van der Waals surface area (Å²) in [6.45, 7) is 0. The van der Waals surface area contributed by atoms with Crippen LogP contribution >= 0.6 is 0 Å². The van der Waals surface area contributed by atoms with Gasteiger partial charge in [-0.05, 0) is 37.2 Å². The monoisotopic (exact) mass is 272 g/mol. The molecule has 0 saturated carbocycles. The SMILES string of the molecule is CNC(Cc1cccc(OC)c1)c1ccncc1OC. The van der Waals surface area contributed by atoms with Crippen molar-refractivity contribution in [1.29, 1.82) is 0 Å². The Bertz CT molecular complexity index is 558. The molecule has 0 spiro atoms. The first-order valence-electron chi connectivity index (χ1n) is 6.56. The Hall–Kier alpha value is -2.07. The molecule has 2 rings (SSSR count). The fourth-order valence-corrected chi connectivity index (χ4v) is 2.25. The first-order valence-corrected chi connectivity index (χ1v) is 6.56. The Balaban J connectivity index is 2.24. The molecule has 4 nitrogen and oxygen atoms in total. The van der Waals surface area contributed by atoms with Crippen LogP contribution < -0.4 is 14.8 Å². The van der Waals surface area contributed by atoms with E-state index >= 15 is 0 Å². The molecular formula is C16H20N2O2. The average Bonchev–Trinajstić information content (AvgIpc) is 2.52. The van der Waals surface area contributed by atoms with Crippen molar-refractivity contribution in [2.45, 2.75) is 12.5 Å². The molecule has 20 heavy (non-hydrogen) atoms. The lowest BCUT2D eigenvalue weighted by atomic mass is 9.99. The van der Waals surface area contributed by atoms with Crippen LogP contribution in [0.1, 0.15) is 17.2 Å². The van der Waals surface area contributed by atoms with Crippen molar-refractivity contribution in [2.24, 2.45) is 0 Å². The lowest BCUT2D eigenvalue weighted by Crippen LogP contribution is -2.19. The van der Waals surface area contributed by atoms with E-state index in [0.29, 0.717) is 0 Å². The van der Waals surface area contributed by atoms with E-state index in [0.717, 1.165) is 23.5 Å². The fourth-order valence-electron chi connectivity index (χ4n) is 2.25. The Kier molecular flexibility index (Phi) is 4.96. The number of methoxy groups -OCH3 is 2. The number of hydrogen-bond acceptors (Lipinski definition) is 4. The number of aromatic nitrogens is 1. The summed E-state index contributed by atoms with van der Waals surface area (Å²) in [5, 5.41) is 3.33. The first-order chi connectivity index (χ1) is 9.78. The number of nitrogens with one attached hydrogen (secondary N) is 1. The standard InChI is InChI=1S/C16H20N2O2/c1-17-15(14-7-8-18-11-16(14)20-3)10-12-5-4-6-13(9-12)19-2/h4-9,11,15,17H,10H2,1-3H3. The van der Waals surface area contributed by atoms with Crippen LogP contribution in [0.25, 0.3) is 0 Å². The van der Waals surface area contributed by atoms with Crippen molar-refractivity contribution in [1.82, 2.24) is 10.3 Å². The first kappa shape index (κ1) is 14.3. The third-order valence-electron chi connectivity index (χ3n) is 3.33. The van der Waals surface area contributed by atoms with E-state index in [1.165, 1.54) is 5.56 Å². The van der Waals surface area contributed by atoms with E-state index in [1.807, 2.05) is 25.2 Å². The number of likely N-dealkylation sites (N-methyl/N-ethyl adjacent to an activating group) is 1. The van der Waals surface area contributed by atoms with Crippen LogP contribution in [0.4, 0.5) is 0 Å². The number of hydrogen-bond donors (Lipinski definition) is 1. The van der Waals surface area contributed by atoms with Gasteiger partial charge in [0.1, 0.15) is 11.5 Å². The molecule has 1 aromatic carbocycles. The van der Waals surface area contributed by atoms with Gasteiger partial charge in [0.15, 0.2) is 0 Å². The van der Waals surface area contributed by atoms with E-state index in [9.17, 15) is 0 Å². The molecule has 0 radical (unpaired) electrons. The van der Waals surface area contributed by atoms with Crippen molar-refractivity contribution >= 4 is 0 Å². The van der Waals surface area contributed by atoms with Crippen molar-refractivity contribution in [3.05, 3.63) is 53.9 Å². The van der Waals surface area contributed by atoms with Crippen molar-refractivity contribution in [2.75, 3.05) is 21.3 Å². The highest BCUT2D eigenvalue weighted by atomic mass is 16.5. The van der Waals surface area contributed by atoms with E-state index in [4.69, 9.17) is 9.47 Å². The molecule has 106 valence electrons. The van der Waals surface area contributed by atoms with E-state index in [-0.39, 0.29) is 6.04 Å². The Morgan fingerprint density at radius 2 is 2.05 bits per heavy atom. The fraction of sp³-hybridized carbons (Fsp3) is 0.312. The van der Waals surface area contributed by atoms with Gasteiger partial charge in [-0.25, -0.2) is 0 Å². The molecule has 4 heteroatoms. The highest BCUT2D eigenvalue weighted by Gasteiger charge is 2.15. The summed E-state index contributed by atoms with van der Waals surface area (Å²) in [6, 6.07) is 10.3. The average molecular weight is 272 g/mol. The minimum absolute atomic E-state index is 0.167. The molecule has 0 saturated heterocycles. The zero-order valence-electron chi connectivity index (χ0n) is 12.1. The van der Waals surface area contributed by atoms with Gasteiger partial charge in [0.25, 0.3) is 0 Å². The molecule has 1 unspecified atom stereocenters. The molecule has 1 heterocycles.